The van der Waals surface area contributed by atoms with Crippen molar-refractivity contribution < 1.29 is 4.74 Å². The van der Waals surface area contributed by atoms with Gasteiger partial charge in [-0.15, -0.1) is 11.3 Å². The molecule has 2 aromatic rings. The summed E-state index contributed by atoms with van der Waals surface area (Å²) < 4.78 is 5.30. The van der Waals surface area contributed by atoms with E-state index in [2.05, 4.69) is 11.1 Å². The highest BCUT2D eigenvalue weighted by Gasteiger charge is 2.03. The van der Waals surface area contributed by atoms with Gasteiger partial charge in [0.15, 0.2) is 0 Å². The first-order chi connectivity index (χ1) is 6.90. The minimum absolute atomic E-state index is 0.658. The number of aromatic nitrogens is 1. The zero-order valence-electron chi connectivity index (χ0n) is 7.86. The Labute approximate surface area is 87.2 Å². The second-order valence-electron chi connectivity index (χ2n) is 2.71. The molecule has 0 aliphatic carbocycles. The zero-order chi connectivity index (χ0) is 9.80. The number of benzene rings is 1. The number of hydrogen-bond acceptors (Lipinski definition) is 3. The SMILES string of the molecule is CCOc1csc(-c2cc[c]cc2)n1. The zero-order valence-corrected chi connectivity index (χ0v) is 8.67. The molecule has 0 aliphatic heterocycles. The Kier molecular flexibility index (Phi) is 2.79. The van der Waals surface area contributed by atoms with Gasteiger partial charge in [-0.05, 0) is 13.0 Å². The third kappa shape index (κ3) is 1.93. The van der Waals surface area contributed by atoms with Gasteiger partial charge in [0, 0.05) is 5.56 Å². The molecule has 0 unspecified atom stereocenters. The third-order valence-electron chi connectivity index (χ3n) is 1.74. The van der Waals surface area contributed by atoms with Gasteiger partial charge in [0.25, 0.3) is 0 Å². The van der Waals surface area contributed by atoms with E-state index in [1.807, 2.05) is 36.6 Å². The molecule has 0 N–H and O–H groups in total. The fourth-order valence-electron chi connectivity index (χ4n) is 1.14. The highest BCUT2D eigenvalue weighted by atomic mass is 32.1. The summed E-state index contributed by atoms with van der Waals surface area (Å²) in [7, 11) is 0. The van der Waals surface area contributed by atoms with Crippen molar-refractivity contribution in [1.82, 2.24) is 4.98 Å². The molecule has 0 spiro atoms. The molecular weight excluding hydrogens is 194 g/mol. The van der Waals surface area contributed by atoms with E-state index in [4.69, 9.17) is 4.74 Å². The first kappa shape index (κ1) is 9.21. The highest BCUT2D eigenvalue weighted by molar-refractivity contribution is 7.13. The van der Waals surface area contributed by atoms with Crippen molar-refractivity contribution in [3.8, 4) is 16.5 Å². The van der Waals surface area contributed by atoms with Gasteiger partial charge >= 0.3 is 0 Å². The van der Waals surface area contributed by atoms with Crippen LogP contribution < -0.4 is 4.74 Å². The maximum absolute atomic E-state index is 5.30. The van der Waals surface area contributed by atoms with Crippen molar-refractivity contribution in [2.24, 2.45) is 0 Å². The second kappa shape index (κ2) is 4.24. The van der Waals surface area contributed by atoms with Gasteiger partial charge in [-0.2, -0.15) is 0 Å². The van der Waals surface area contributed by atoms with E-state index >= 15 is 0 Å². The molecule has 0 bridgehead atoms. The molecular formula is C11H10NOS. The van der Waals surface area contributed by atoms with Crippen molar-refractivity contribution in [1.29, 1.82) is 0 Å². The molecule has 2 rings (SSSR count). The van der Waals surface area contributed by atoms with Crippen molar-refractivity contribution in [2.45, 2.75) is 6.92 Å². The van der Waals surface area contributed by atoms with Crippen LogP contribution in [0.3, 0.4) is 0 Å². The van der Waals surface area contributed by atoms with Crippen LogP contribution in [0.4, 0.5) is 0 Å². The van der Waals surface area contributed by atoms with E-state index < -0.39 is 0 Å². The van der Waals surface area contributed by atoms with Gasteiger partial charge < -0.3 is 4.74 Å². The molecule has 71 valence electrons. The van der Waals surface area contributed by atoms with Crippen LogP contribution in [-0.4, -0.2) is 11.6 Å². The smallest absolute Gasteiger partial charge is 0.224 e. The highest BCUT2D eigenvalue weighted by Crippen LogP contribution is 2.26. The largest absolute Gasteiger partial charge is 0.477 e. The lowest BCUT2D eigenvalue weighted by Gasteiger charge is -1.95. The Morgan fingerprint density at radius 3 is 2.93 bits per heavy atom. The summed E-state index contributed by atoms with van der Waals surface area (Å²) in [4.78, 5) is 4.35. The maximum Gasteiger partial charge on any atom is 0.224 e. The van der Waals surface area contributed by atoms with E-state index in [9.17, 15) is 0 Å². The molecule has 1 aromatic heterocycles. The third-order valence-corrected chi connectivity index (χ3v) is 2.61. The van der Waals surface area contributed by atoms with Gasteiger partial charge in [0.2, 0.25) is 5.88 Å². The standard InChI is InChI=1S/C11H10NOS/c1-2-13-10-8-14-11(12-10)9-6-4-3-5-7-9/h4-8H,2H2,1H3. The average molecular weight is 204 g/mol. The lowest BCUT2D eigenvalue weighted by Crippen LogP contribution is -1.90. The monoisotopic (exact) mass is 204 g/mol. The fraction of sp³-hybridized carbons (Fsp3) is 0.182. The molecule has 0 aliphatic rings. The molecule has 0 saturated heterocycles. The van der Waals surface area contributed by atoms with Crippen molar-refractivity contribution in [3.05, 3.63) is 35.7 Å². The van der Waals surface area contributed by atoms with Crippen LogP contribution in [0.15, 0.2) is 29.6 Å². The summed E-state index contributed by atoms with van der Waals surface area (Å²) >= 11 is 1.59. The minimum atomic E-state index is 0.658. The molecule has 1 radical (unpaired) electrons. The van der Waals surface area contributed by atoms with E-state index in [0.717, 1.165) is 10.6 Å². The average Bonchev–Trinajstić information content (AvgIpc) is 2.68. The van der Waals surface area contributed by atoms with E-state index in [1.165, 1.54) is 0 Å². The summed E-state index contributed by atoms with van der Waals surface area (Å²) in [5.74, 6) is 0.709. The molecule has 0 amide bonds. The Morgan fingerprint density at radius 2 is 2.21 bits per heavy atom. The fourth-order valence-corrected chi connectivity index (χ4v) is 1.88. The maximum atomic E-state index is 5.30. The lowest BCUT2D eigenvalue weighted by atomic mass is 10.2. The summed E-state index contributed by atoms with van der Waals surface area (Å²) in [6.07, 6.45) is 0. The van der Waals surface area contributed by atoms with Crippen LogP contribution in [0.5, 0.6) is 5.88 Å². The van der Waals surface area contributed by atoms with Gasteiger partial charge in [-0.25, -0.2) is 4.98 Å². The Hall–Kier alpha value is -1.35. The van der Waals surface area contributed by atoms with Crippen LogP contribution in [0, 0.1) is 6.07 Å². The predicted octanol–water partition coefficient (Wildman–Crippen LogP) is 3.01. The van der Waals surface area contributed by atoms with Gasteiger partial charge in [0.05, 0.1) is 12.0 Å². The number of rotatable bonds is 3. The Bertz CT molecular complexity index is 397. The van der Waals surface area contributed by atoms with Crippen LogP contribution in [0.1, 0.15) is 6.92 Å². The molecule has 2 nitrogen and oxygen atoms in total. The summed E-state index contributed by atoms with van der Waals surface area (Å²) in [6, 6.07) is 10.7. The second-order valence-corrected chi connectivity index (χ2v) is 3.57. The van der Waals surface area contributed by atoms with Gasteiger partial charge in [0.1, 0.15) is 5.01 Å². The quantitative estimate of drug-likeness (QED) is 0.766. The van der Waals surface area contributed by atoms with E-state index in [1.54, 1.807) is 11.3 Å². The van der Waals surface area contributed by atoms with Gasteiger partial charge in [-0.3, -0.25) is 0 Å². The number of ether oxygens (including phenoxy) is 1. The van der Waals surface area contributed by atoms with Crippen molar-refractivity contribution in [3.63, 3.8) is 0 Å². The van der Waals surface area contributed by atoms with Crippen LogP contribution in [0.2, 0.25) is 0 Å². The van der Waals surface area contributed by atoms with Gasteiger partial charge in [-0.1, -0.05) is 24.3 Å². The van der Waals surface area contributed by atoms with Crippen LogP contribution in [0.25, 0.3) is 10.6 Å². The van der Waals surface area contributed by atoms with Crippen LogP contribution >= 0.6 is 11.3 Å². The minimum Gasteiger partial charge on any atom is -0.477 e. The molecule has 0 atom stereocenters. The Morgan fingerprint density at radius 1 is 1.43 bits per heavy atom. The molecule has 14 heavy (non-hydrogen) atoms. The van der Waals surface area contributed by atoms with Crippen molar-refractivity contribution in [2.75, 3.05) is 6.61 Å². The molecule has 1 heterocycles. The normalized spacial score (nSPS) is 10.1. The summed E-state index contributed by atoms with van der Waals surface area (Å²) in [5, 5.41) is 2.91. The lowest BCUT2D eigenvalue weighted by molar-refractivity contribution is 0.329. The van der Waals surface area contributed by atoms with Crippen LogP contribution in [-0.2, 0) is 0 Å². The number of hydrogen-bond donors (Lipinski definition) is 0. The van der Waals surface area contributed by atoms with E-state index in [0.29, 0.717) is 12.5 Å². The summed E-state index contributed by atoms with van der Waals surface area (Å²) in [5.41, 5.74) is 1.11. The first-order valence-corrected chi connectivity index (χ1v) is 5.33. The first-order valence-electron chi connectivity index (χ1n) is 4.45. The predicted molar refractivity (Wildman–Crippen MR) is 57.6 cm³/mol. The molecule has 0 saturated carbocycles. The molecule has 0 fully saturated rings. The molecule has 3 heteroatoms. The summed E-state index contributed by atoms with van der Waals surface area (Å²) in [6.45, 7) is 2.61. The molecule has 1 aromatic carbocycles. The number of nitrogens with zero attached hydrogens (tertiary/aromatic N) is 1. The topological polar surface area (TPSA) is 22.1 Å². The number of thiazole rings is 1. The van der Waals surface area contributed by atoms with Crippen molar-refractivity contribution >= 4 is 11.3 Å². The Balaban J connectivity index is 2.25. The van der Waals surface area contributed by atoms with E-state index in [-0.39, 0.29) is 0 Å².